The van der Waals surface area contributed by atoms with Crippen LogP contribution >= 0.6 is 0 Å². The fourth-order valence-electron chi connectivity index (χ4n) is 2.23. The van der Waals surface area contributed by atoms with E-state index in [9.17, 15) is 4.79 Å². The van der Waals surface area contributed by atoms with Gasteiger partial charge in [-0.25, -0.2) is 0 Å². The number of hydrogen-bond acceptors (Lipinski definition) is 2. The minimum Gasteiger partial charge on any atom is -0.343 e. The molecule has 0 aromatic rings. The van der Waals surface area contributed by atoms with Gasteiger partial charge in [0.25, 0.3) is 0 Å². The second-order valence-corrected chi connectivity index (χ2v) is 4.15. The zero-order chi connectivity index (χ0) is 9.10. The van der Waals surface area contributed by atoms with Crippen molar-refractivity contribution in [2.45, 2.75) is 25.7 Å². The largest absolute Gasteiger partial charge is 0.343 e. The van der Waals surface area contributed by atoms with E-state index in [1.807, 2.05) is 4.90 Å². The zero-order valence-electron chi connectivity index (χ0n) is 8.09. The van der Waals surface area contributed by atoms with Gasteiger partial charge in [-0.3, -0.25) is 4.79 Å². The molecular weight excluding hydrogens is 164 g/mol. The number of likely N-dealkylation sites (tertiary alicyclic amines) is 1. The molecule has 3 heteroatoms. The summed E-state index contributed by atoms with van der Waals surface area (Å²) in [6.07, 6.45) is 4.36. The summed E-state index contributed by atoms with van der Waals surface area (Å²) in [6.45, 7) is 4.13. The molecule has 1 unspecified atom stereocenters. The van der Waals surface area contributed by atoms with Crippen molar-refractivity contribution in [2.24, 2.45) is 5.92 Å². The fourth-order valence-corrected chi connectivity index (χ4v) is 2.23. The molecule has 2 aliphatic rings. The fraction of sp³-hybridized carbons (Fsp3) is 0.900. The Labute approximate surface area is 79.5 Å². The molecule has 74 valence electrons. The topological polar surface area (TPSA) is 32.3 Å². The van der Waals surface area contributed by atoms with Gasteiger partial charge in [0.15, 0.2) is 0 Å². The first kappa shape index (κ1) is 9.00. The molecule has 0 radical (unpaired) electrons. The van der Waals surface area contributed by atoms with Gasteiger partial charge >= 0.3 is 0 Å². The van der Waals surface area contributed by atoms with E-state index in [1.54, 1.807) is 0 Å². The van der Waals surface area contributed by atoms with Crippen LogP contribution in [0.1, 0.15) is 25.7 Å². The van der Waals surface area contributed by atoms with Crippen molar-refractivity contribution in [3.63, 3.8) is 0 Å². The normalized spacial score (nSPS) is 28.3. The van der Waals surface area contributed by atoms with E-state index in [0.717, 1.165) is 32.6 Å². The SMILES string of the molecule is O=C(CC1CCNC1)N1CCCC1. The van der Waals surface area contributed by atoms with Gasteiger partial charge in [0.05, 0.1) is 0 Å². The first-order chi connectivity index (χ1) is 6.36. The third-order valence-corrected chi connectivity index (χ3v) is 3.08. The number of nitrogens with zero attached hydrogens (tertiary/aromatic N) is 1. The van der Waals surface area contributed by atoms with Crippen LogP contribution < -0.4 is 5.32 Å². The summed E-state index contributed by atoms with van der Waals surface area (Å²) >= 11 is 0. The summed E-state index contributed by atoms with van der Waals surface area (Å²) in [7, 11) is 0. The Balaban J connectivity index is 1.76. The molecule has 0 spiro atoms. The Kier molecular flexibility index (Phi) is 2.83. The molecule has 3 nitrogen and oxygen atoms in total. The molecule has 1 atom stereocenters. The van der Waals surface area contributed by atoms with Crippen LogP contribution in [0.5, 0.6) is 0 Å². The van der Waals surface area contributed by atoms with Crippen molar-refractivity contribution >= 4 is 5.91 Å². The van der Waals surface area contributed by atoms with E-state index in [2.05, 4.69) is 5.32 Å². The summed E-state index contributed by atoms with van der Waals surface area (Å²) in [4.78, 5) is 13.7. The highest BCUT2D eigenvalue weighted by atomic mass is 16.2. The lowest BCUT2D eigenvalue weighted by atomic mass is 10.0. The van der Waals surface area contributed by atoms with E-state index < -0.39 is 0 Å². The van der Waals surface area contributed by atoms with Gasteiger partial charge in [0, 0.05) is 19.5 Å². The van der Waals surface area contributed by atoms with Crippen molar-refractivity contribution in [3.05, 3.63) is 0 Å². The van der Waals surface area contributed by atoms with Crippen molar-refractivity contribution in [3.8, 4) is 0 Å². The van der Waals surface area contributed by atoms with Crippen molar-refractivity contribution in [1.82, 2.24) is 10.2 Å². The molecule has 2 fully saturated rings. The van der Waals surface area contributed by atoms with E-state index >= 15 is 0 Å². The maximum atomic E-state index is 11.7. The van der Waals surface area contributed by atoms with Crippen LogP contribution in [0.25, 0.3) is 0 Å². The van der Waals surface area contributed by atoms with Crippen LogP contribution in [0.15, 0.2) is 0 Å². The lowest BCUT2D eigenvalue weighted by Gasteiger charge is -2.17. The molecule has 1 N–H and O–H groups in total. The maximum Gasteiger partial charge on any atom is 0.222 e. The molecule has 2 rings (SSSR count). The van der Waals surface area contributed by atoms with Crippen molar-refractivity contribution < 1.29 is 4.79 Å². The second kappa shape index (κ2) is 4.09. The van der Waals surface area contributed by atoms with Crippen LogP contribution in [-0.2, 0) is 4.79 Å². The number of carbonyl (C=O) groups is 1. The molecule has 0 aromatic heterocycles. The van der Waals surface area contributed by atoms with Gasteiger partial charge in [0.2, 0.25) is 5.91 Å². The molecule has 0 aromatic carbocycles. The standard InChI is InChI=1S/C10H18N2O/c13-10(12-5-1-2-6-12)7-9-3-4-11-8-9/h9,11H,1-8H2. The highest BCUT2D eigenvalue weighted by Gasteiger charge is 2.23. The lowest BCUT2D eigenvalue weighted by Crippen LogP contribution is -2.29. The van der Waals surface area contributed by atoms with Crippen molar-refractivity contribution in [1.29, 1.82) is 0 Å². The second-order valence-electron chi connectivity index (χ2n) is 4.15. The predicted octanol–water partition coefficient (Wildman–Crippen LogP) is 0.608. The summed E-state index contributed by atoms with van der Waals surface area (Å²) < 4.78 is 0. The highest BCUT2D eigenvalue weighted by molar-refractivity contribution is 5.76. The van der Waals surface area contributed by atoms with Crippen LogP contribution in [0.4, 0.5) is 0 Å². The van der Waals surface area contributed by atoms with Crippen LogP contribution in [0.2, 0.25) is 0 Å². The molecule has 0 bridgehead atoms. The Bertz CT molecular complexity index is 181. The first-order valence-corrected chi connectivity index (χ1v) is 5.35. The number of amides is 1. The molecule has 0 aliphatic carbocycles. The Morgan fingerprint density at radius 1 is 1.38 bits per heavy atom. The first-order valence-electron chi connectivity index (χ1n) is 5.35. The Morgan fingerprint density at radius 2 is 2.15 bits per heavy atom. The monoisotopic (exact) mass is 182 g/mol. The summed E-state index contributed by atoms with van der Waals surface area (Å²) in [5, 5.41) is 3.30. The van der Waals surface area contributed by atoms with Crippen LogP contribution in [0.3, 0.4) is 0 Å². The molecule has 1 amide bonds. The average Bonchev–Trinajstić information content (AvgIpc) is 2.74. The minimum atomic E-state index is 0.381. The Hall–Kier alpha value is -0.570. The van der Waals surface area contributed by atoms with Gasteiger partial charge in [0.1, 0.15) is 0 Å². The van der Waals surface area contributed by atoms with Gasteiger partial charge in [-0.1, -0.05) is 0 Å². The van der Waals surface area contributed by atoms with E-state index in [1.165, 1.54) is 19.3 Å². The van der Waals surface area contributed by atoms with Crippen LogP contribution in [0, 0.1) is 5.92 Å². The minimum absolute atomic E-state index is 0.381. The molecular formula is C10H18N2O. The molecule has 2 aliphatic heterocycles. The summed E-state index contributed by atoms with van der Waals surface area (Å²) in [5.41, 5.74) is 0. The van der Waals surface area contributed by atoms with E-state index in [-0.39, 0.29) is 0 Å². The summed E-state index contributed by atoms with van der Waals surface area (Å²) in [5.74, 6) is 0.985. The van der Waals surface area contributed by atoms with Crippen LogP contribution in [-0.4, -0.2) is 37.0 Å². The van der Waals surface area contributed by atoms with Gasteiger partial charge < -0.3 is 10.2 Å². The quantitative estimate of drug-likeness (QED) is 0.678. The molecule has 2 saturated heterocycles. The highest BCUT2D eigenvalue weighted by Crippen LogP contribution is 2.16. The smallest absolute Gasteiger partial charge is 0.222 e. The molecule has 13 heavy (non-hydrogen) atoms. The molecule has 0 saturated carbocycles. The maximum absolute atomic E-state index is 11.7. The zero-order valence-corrected chi connectivity index (χ0v) is 8.09. The number of rotatable bonds is 2. The van der Waals surface area contributed by atoms with Crippen molar-refractivity contribution in [2.75, 3.05) is 26.2 Å². The summed E-state index contributed by atoms with van der Waals surface area (Å²) in [6, 6.07) is 0. The van der Waals surface area contributed by atoms with Gasteiger partial charge in [-0.15, -0.1) is 0 Å². The Morgan fingerprint density at radius 3 is 2.77 bits per heavy atom. The third-order valence-electron chi connectivity index (χ3n) is 3.08. The third kappa shape index (κ3) is 2.21. The predicted molar refractivity (Wildman–Crippen MR) is 51.4 cm³/mol. The van der Waals surface area contributed by atoms with E-state index in [4.69, 9.17) is 0 Å². The number of carbonyl (C=O) groups excluding carboxylic acids is 1. The lowest BCUT2D eigenvalue weighted by molar-refractivity contribution is -0.131. The van der Waals surface area contributed by atoms with E-state index in [0.29, 0.717) is 11.8 Å². The van der Waals surface area contributed by atoms with Gasteiger partial charge in [-0.05, 0) is 38.3 Å². The average molecular weight is 182 g/mol. The number of hydrogen-bond donors (Lipinski definition) is 1. The molecule has 2 heterocycles. The number of nitrogens with one attached hydrogen (secondary N) is 1. The van der Waals surface area contributed by atoms with Gasteiger partial charge in [-0.2, -0.15) is 0 Å².